The average Bonchev–Trinajstić information content (AvgIpc) is 3.00. The van der Waals surface area contributed by atoms with E-state index in [9.17, 15) is 4.79 Å². The van der Waals surface area contributed by atoms with Crippen molar-refractivity contribution >= 4 is 6.09 Å². The maximum atomic E-state index is 11.7. The molecule has 5 nitrogen and oxygen atoms in total. The molecule has 2 aliphatic heterocycles. The molecule has 0 saturated carbocycles. The minimum atomic E-state index is -0.183. The molecule has 0 radical (unpaired) electrons. The lowest BCUT2D eigenvalue weighted by Crippen LogP contribution is -2.48. The van der Waals surface area contributed by atoms with Gasteiger partial charge in [-0.25, -0.2) is 4.79 Å². The normalized spacial score (nSPS) is 22.3. The SMILES string of the molecule is CCOC(=O)N1CCC(N[C@H](C)[C@H]2COc3ccccc32)CC1. The van der Waals surface area contributed by atoms with Gasteiger partial charge in [0.05, 0.1) is 13.2 Å². The molecule has 0 bridgehead atoms. The van der Waals surface area contributed by atoms with Gasteiger partial charge in [0.2, 0.25) is 0 Å². The van der Waals surface area contributed by atoms with Crippen LogP contribution < -0.4 is 10.1 Å². The number of hydrogen-bond acceptors (Lipinski definition) is 4. The van der Waals surface area contributed by atoms with Crippen LogP contribution in [0.2, 0.25) is 0 Å². The number of likely N-dealkylation sites (tertiary alicyclic amines) is 1. The number of nitrogens with zero attached hydrogens (tertiary/aromatic N) is 1. The molecule has 1 fully saturated rings. The van der Waals surface area contributed by atoms with Crippen LogP contribution in [0.15, 0.2) is 24.3 Å². The van der Waals surface area contributed by atoms with E-state index in [0.717, 1.165) is 38.3 Å². The van der Waals surface area contributed by atoms with E-state index in [1.54, 1.807) is 4.90 Å². The van der Waals surface area contributed by atoms with Gasteiger partial charge >= 0.3 is 6.09 Å². The van der Waals surface area contributed by atoms with Crippen LogP contribution in [0.1, 0.15) is 38.2 Å². The van der Waals surface area contributed by atoms with Crippen molar-refractivity contribution < 1.29 is 14.3 Å². The molecule has 1 saturated heterocycles. The molecular formula is C18H26N2O3. The van der Waals surface area contributed by atoms with E-state index < -0.39 is 0 Å². The summed E-state index contributed by atoms with van der Waals surface area (Å²) < 4.78 is 10.9. The van der Waals surface area contributed by atoms with Crippen LogP contribution >= 0.6 is 0 Å². The fourth-order valence-electron chi connectivity index (χ4n) is 3.53. The zero-order valence-electron chi connectivity index (χ0n) is 14.0. The highest BCUT2D eigenvalue weighted by atomic mass is 16.6. The molecule has 126 valence electrons. The number of ether oxygens (including phenoxy) is 2. The van der Waals surface area contributed by atoms with Gasteiger partial charge in [-0.1, -0.05) is 18.2 Å². The zero-order valence-corrected chi connectivity index (χ0v) is 14.0. The largest absolute Gasteiger partial charge is 0.493 e. The van der Waals surface area contributed by atoms with E-state index in [-0.39, 0.29) is 6.09 Å². The Morgan fingerprint density at radius 2 is 2.13 bits per heavy atom. The number of benzene rings is 1. The maximum Gasteiger partial charge on any atom is 0.409 e. The van der Waals surface area contributed by atoms with Gasteiger partial charge in [-0.2, -0.15) is 0 Å². The first-order valence-electron chi connectivity index (χ1n) is 8.58. The number of amides is 1. The second-order valence-corrected chi connectivity index (χ2v) is 6.37. The lowest BCUT2D eigenvalue weighted by Gasteiger charge is -2.34. The minimum absolute atomic E-state index is 0.183. The molecule has 0 spiro atoms. The van der Waals surface area contributed by atoms with Crippen molar-refractivity contribution in [3.63, 3.8) is 0 Å². The Labute approximate surface area is 137 Å². The Morgan fingerprint density at radius 1 is 1.39 bits per heavy atom. The Kier molecular flexibility index (Phi) is 5.06. The van der Waals surface area contributed by atoms with Gasteiger partial charge in [-0.05, 0) is 32.8 Å². The molecule has 0 aromatic heterocycles. The molecule has 1 amide bonds. The van der Waals surface area contributed by atoms with Crippen LogP contribution in [0.4, 0.5) is 4.79 Å². The number of piperidine rings is 1. The fourth-order valence-corrected chi connectivity index (χ4v) is 3.53. The van der Waals surface area contributed by atoms with E-state index >= 15 is 0 Å². The number of carbonyl (C=O) groups is 1. The summed E-state index contributed by atoms with van der Waals surface area (Å²) in [5, 5.41) is 3.73. The van der Waals surface area contributed by atoms with Crippen molar-refractivity contribution in [3.8, 4) is 5.75 Å². The van der Waals surface area contributed by atoms with Gasteiger partial charge in [0.1, 0.15) is 5.75 Å². The van der Waals surface area contributed by atoms with Gasteiger partial charge in [0.25, 0.3) is 0 Å². The van der Waals surface area contributed by atoms with Crippen LogP contribution in [0.25, 0.3) is 0 Å². The smallest absolute Gasteiger partial charge is 0.409 e. The van der Waals surface area contributed by atoms with E-state index in [1.165, 1.54) is 5.56 Å². The minimum Gasteiger partial charge on any atom is -0.493 e. The third-order valence-electron chi connectivity index (χ3n) is 4.86. The van der Waals surface area contributed by atoms with E-state index in [2.05, 4.69) is 24.4 Å². The van der Waals surface area contributed by atoms with Crippen molar-refractivity contribution in [2.24, 2.45) is 0 Å². The first-order valence-corrected chi connectivity index (χ1v) is 8.58. The van der Waals surface area contributed by atoms with Gasteiger partial charge in [-0.3, -0.25) is 0 Å². The molecule has 3 rings (SSSR count). The average molecular weight is 318 g/mol. The fraction of sp³-hybridized carbons (Fsp3) is 0.611. The summed E-state index contributed by atoms with van der Waals surface area (Å²) in [7, 11) is 0. The summed E-state index contributed by atoms with van der Waals surface area (Å²) in [5.41, 5.74) is 1.30. The number of hydrogen-bond donors (Lipinski definition) is 1. The molecule has 0 unspecified atom stereocenters. The summed E-state index contributed by atoms with van der Waals surface area (Å²) in [6.07, 6.45) is 1.76. The monoisotopic (exact) mass is 318 g/mol. The molecule has 1 N–H and O–H groups in total. The summed E-state index contributed by atoms with van der Waals surface area (Å²) in [6.45, 7) is 6.79. The van der Waals surface area contributed by atoms with Crippen LogP contribution in [0.3, 0.4) is 0 Å². The van der Waals surface area contributed by atoms with Gasteiger partial charge in [0.15, 0.2) is 0 Å². The summed E-state index contributed by atoms with van der Waals surface area (Å²) in [5.74, 6) is 1.41. The summed E-state index contributed by atoms with van der Waals surface area (Å²) in [4.78, 5) is 13.5. The van der Waals surface area contributed by atoms with Crippen LogP contribution in [0, 0.1) is 0 Å². The van der Waals surface area contributed by atoms with Gasteiger partial charge in [0, 0.05) is 36.7 Å². The predicted octanol–water partition coefficient (Wildman–Crippen LogP) is 2.76. The van der Waals surface area contributed by atoms with Crippen molar-refractivity contribution in [3.05, 3.63) is 29.8 Å². The molecule has 5 heteroatoms. The van der Waals surface area contributed by atoms with E-state index in [1.807, 2.05) is 19.1 Å². The van der Waals surface area contributed by atoms with Crippen LogP contribution in [0.5, 0.6) is 5.75 Å². The van der Waals surface area contributed by atoms with E-state index in [0.29, 0.717) is 24.6 Å². The first-order chi connectivity index (χ1) is 11.2. The third-order valence-corrected chi connectivity index (χ3v) is 4.86. The zero-order chi connectivity index (χ0) is 16.2. The Hall–Kier alpha value is -1.75. The van der Waals surface area contributed by atoms with Crippen LogP contribution in [-0.4, -0.2) is 49.4 Å². The second-order valence-electron chi connectivity index (χ2n) is 6.37. The Balaban J connectivity index is 1.50. The topological polar surface area (TPSA) is 50.8 Å². The number of rotatable bonds is 4. The van der Waals surface area contributed by atoms with Gasteiger partial charge in [-0.15, -0.1) is 0 Å². The first kappa shape index (κ1) is 16.1. The van der Waals surface area contributed by atoms with Gasteiger partial charge < -0.3 is 19.7 Å². The standard InChI is InChI=1S/C18H26N2O3/c1-3-22-18(21)20-10-8-14(9-11-20)19-13(2)16-12-23-17-7-5-4-6-15(16)17/h4-7,13-14,16,19H,3,8-12H2,1-2H3/t13-,16-/m1/s1. The van der Waals surface area contributed by atoms with E-state index in [4.69, 9.17) is 9.47 Å². The molecule has 1 aromatic rings. The third kappa shape index (κ3) is 3.61. The molecule has 2 atom stereocenters. The molecule has 23 heavy (non-hydrogen) atoms. The highest BCUT2D eigenvalue weighted by Crippen LogP contribution is 2.35. The molecule has 2 aliphatic rings. The number of para-hydroxylation sites is 1. The second kappa shape index (κ2) is 7.21. The van der Waals surface area contributed by atoms with Crippen molar-refractivity contribution in [2.45, 2.75) is 44.7 Å². The quantitative estimate of drug-likeness (QED) is 0.927. The maximum absolute atomic E-state index is 11.7. The van der Waals surface area contributed by atoms with Crippen molar-refractivity contribution in [2.75, 3.05) is 26.3 Å². The highest BCUT2D eigenvalue weighted by molar-refractivity contribution is 5.67. The number of fused-ring (bicyclic) bond motifs is 1. The number of nitrogens with one attached hydrogen (secondary N) is 1. The molecule has 2 heterocycles. The molecular weight excluding hydrogens is 292 g/mol. The number of carbonyl (C=O) groups excluding carboxylic acids is 1. The van der Waals surface area contributed by atoms with Crippen LogP contribution in [-0.2, 0) is 4.74 Å². The molecule has 0 aliphatic carbocycles. The molecule has 1 aromatic carbocycles. The summed E-state index contributed by atoms with van der Waals surface area (Å²) in [6, 6.07) is 9.10. The predicted molar refractivity (Wildman–Crippen MR) is 88.9 cm³/mol. The highest BCUT2D eigenvalue weighted by Gasteiger charge is 2.31. The van der Waals surface area contributed by atoms with Crippen molar-refractivity contribution in [1.29, 1.82) is 0 Å². The Bertz CT molecular complexity index is 541. The summed E-state index contributed by atoms with van der Waals surface area (Å²) >= 11 is 0. The lowest BCUT2D eigenvalue weighted by atomic mass is 9.93. The Morgan fingerprint density at radius 3 is 2.87 bits per heavy atom. The lowest BCUT2D eigenvalue weighted by molar-refractivity contribution is 0.0939. The van der Waals surface area contributed by atoms with Crippen molar-refractivity contribution in [1.82, 2.24) is 10.2 Å².